The van der Waals surface area contributed by atoms with Gasteiger partial charge in [0.15, 0.2) is 5.11 Å². The fourth-order valence-electron chi connectivity index (χ4n) is 4.33. The van der Waals surface area contributed by atoms with Crippen LogP contribution in [0.5, 0.6) is 0 Å². The minimum Gasteiger partial charge on any atom is -0.379 e. The number of morpholine rings is 1. The predicted molar refractivity (Wildman–Crippen MR) is 126 cm³/mol. The summed E-state index contributed by atoms with van der Waals surface area (Å²) in [5, 5.41) is 4.35. The SMILES string of the molecule is S=C(NCCN1CCOCC1)N1CCN(C(c2ccccc2)c2ccccc2)CC1. The van der Waals surface area contributed by atoms with E-state index in [2.05, 4.69) is 80.7 Å². The molecule has 2 aliphatic rings. The van der Waals surface area contributed by atoms with Crippen LogP contribution in [0.3, 0.4) is 0 Å². The standard InChI is InChI=1S/C24H32N4OS/c30-24(25-11-12-26-17-19-29-20-18-26)28-15-13-27(14-16-28)23(21-7-3-1-4-8-21)22-9-5-2-6-10-22/h1-10,23H,11-20H2,(H,25,30). The highest BCUT2D eigenvalue weighted by Crippen LogP contribution is 2.29. The molecular formula is C24H32N4OS. The number of benzene rings is 2. The molecule has 0 saturated carbocycles. The zero-order valence-electron chi connectivity index (χ0n) is 17.6. The van der Waals surface area contributed by atoms with Crippen molar-refractivity contribution in [2.45, 2.75) is 6.04 Å². The minimum absolute atomic E-state index is 0.289. The summed E-state index contributed by atoms with van der Waals surface area (Å²) in [6.45, 7) is 9.57. The van der Waals surface area contributed by atoms with E-state index in [9.17, 15) is 0 Å². The van der Waals surface area contributed by atoms with Crippen LogP contribution in [-0.4, -0.2) is 85.4 Å². The molecule has 2 aromatic rings. The molecule has 160 valence electrons. The van der Waals surface area contributed by atoms with Crippen LogP contribution in [0.15, 0.2) is 60.7 Å². The van der Waals surface area contributed by atoms with Crippen LogP contribution in [0, 0.1) is 0 Å². The number of hydrogen-bond donors (Lipinski definition) is 1. The van der Waals surface area contributed by atoms with E-state index >= 15 is 0 Å². The second-order valence-electron chi connectivity index (χ2n) is 7.93. The molecule has 0 bridgehead atoms. The number of ether oxygens (including phenoxy) is 1. The fraction of sp³-hybridized carbons (Fsp3) is 0.458. The van der Waals surface area contributed by atoms with E-state index in [0.29, 0.717) is 0 Å². The summed E-state index contributed by atoms with van der Waals surface area (Å²) in [6, 6.07) is 22.0. The first kappa shape index (κ1) is 21.2. The van der Waals surface area contributed by atoms with Gasteiger partial charge in [-0.25, -0.2) is 0 Å². The third-order valence-electron chi connectivity index (χ3n) is 6.01. The molecule has 30 heavy (non-hydrogen) atoms. The molecular weight excluding hydrogens is 392 g/mol. The Bertz CT molecular complexity index is 735. The van der Waals surface area contributed by atoms with Crippen molar-refractivity contribution >= 4 is 17.3 Å². The lowest BCUT2D eigenvalue weighted by Gasteiger charge is -2.40. The lowest BCUT2D eigenvalue weighted by molar-refractivity contribution is 0.0388. The van der Waals surface area contributed by atoms with Crippen molar-refractivity contribution in [2.75, 3.05) is 65.6 Å². The summed E-state index contributed by atoms with van der Waals surface area (Å²) in [4.78, 5) is 7.33. The van der Waals surface area contributed by atoms with Gasteiger partial charge in [0, 0.05) is 52.4 Å². The first-order chi connectivity index (χ1) is 14.8. The zero-order valence-corrected chi connectivity index (χ0v) is 18.4. The van der Waals surface area contributed by atoms with E-state index in [1.807, 2.05) is 0 Å². The molecule has 0 spiro atoms. The Kier molecular flexibility index (Phi) is 7.70. The smallest absolute Gasteiger partial charge is 0.169 e. The second kappa shape index (κ2) is 10.9. The largest absolute Gasteiger partial charge is 0.379 e. The lowest BCUT2D eigenvalue weighted by atomic mass is 9.96. The van der Waals surface area contributed by atoms with Gasteiger partial charge in [0.25, 0.3) is 0 Å². The van der Waals surface area contributed by atoms with Gasteiger partial charge in [-0.3, -0.25) is 9.80 Å². The van der Waals surface area contributed by atoms with Gasteiger partial charge in [0.05, 0.1) is 19.3 Å². The molecule has 2 aliphatic heterocycles. The van der Waals surface area contributed by atoms with E-state index in [1.54, 1.807) is 0 Å². The van der Waals surface area contributed by atoms with Crippen molar-refractivity contribution in [1.29, 1.82) is 0 Å². The molecule has 0 aromatic heterocycles. The van der Waals surface area contributed by atoms with Crippen molar-refractivity contribution < 1.29 is 4.74 Å². The Hall–Kier alpha value is -1.99. The minimum atomic E-state index is 0.289. The predicted octanol–water partition coefficient (Wildman–Crippen LogP) is 2.60. The van der Waals surface area contributed by atoms with Gasteiger partial charge in [-0.1, -0.05) is 60.7 Å². The Morgan fingerprint density at radius 2 is 1.40 bits per heavy atom. The summed E-state index contributed by atoms with van der Waals surface area (Å²) < 4.78 is 5.41. The average molecular weight is 425 g/mol. The molecule has 4 rings (SSSR count). The summed E-state index contributed by atoms with van der Waals surface area (Å²) in [7, 11) is 0. The maximum absolute atomic E-state index is 5.69. The normalized spacial score (nSPS) is 18.5. The highest BCUT2D eigenvalue weighted by Gasteiger charge is 2.27. The Balaban J connectivity index is 1.31. The molecule has 2 fully saturated rings. The highest BCUT2D eigenvalue weighted by molar-refractivity contribution is 7.80. The number of rotatable bonds is 6. The Morgan fingerprint density at radius 3 is 1.97 bits per heavy atom. The van der Waals surface area contributed by atoms with Crippen LogP contribution in [0.4, 0.5) is 0 Å². The molecule has 0 radical (unpaired) electrons. The molecule has 0 atom stereocenters. The van der Waals surface area contributed by atoms with Crippen molar-refractivity contribution in [2.24, 2.45) is 0 Å². The van der Waals surface area contributed by atoms with Gasteiger partial charge in [0.1, 0.15) is 0 Å². The Labute approximate surface area is 185 Å². The third-order valence-corrected chi connectivity index (χ3v) is 6.41. The first-order valence-corrected chi connectivity index (χ1v) is 11.4. The van der Waals surface area contributed by atoms with Crippen LogP contribution >= 0.6 is 12.2 Å². The van der Waals surface area contributed by atoms with Crippen LogP contribution in [0.1, 0.15) is 17.2 Å². The number of thiocarbonyl (C=S) groups is 1. The van der Waals surface area contributed by atoms with Crippen molar-refractivity contribution in [3.05, 3.63) is 71.8 Å². The van der Waals surface area contributed by atoms with Crippen molar-refractivity contribution in [1.82, 2.24) is 20.0 Å². The highest BCUT2D eigenvalue weighted by atomic mass is 32.1. The van der Waals surface area contributed by atoms with Gasteiger partial charge in [-0.2, -0.15) is 0 Å². The molecule has 1 N–H and O–H groups in total. The molecule has 0 unspecified atom stereocenters. The average Bonchev–Trinajstić information content (AvgIpc) is 2.82. The molecule has 5 nitrogen and oxygen atoms in total. The van der Waals surface area contributed by atoms with Gasteiger partial charge in [0.2, 0.25) is 0 Å². The van der Waals surface area contributed by atoms with Crippen molar-refractivity contribution in [3.63, 3.8) is 0 Å². The third kappa shape index (κ3) is 5.58. The molecule has 2 saturated heterocycles. The molecule has 0 aliphatic carbocycles. The van der Waals surface area contributed by atoms with Gasteiger partial charge in [-0.15, -0.1) is 0 Å². The molecule has 0 amide bonds. The Morgan fingerprint density at radius 1 is 0.833 bits per heavy atom. The molecule has 2 aromatic carbocycles. The maximum atomic E-state index is 5.69. The fourth-order valence-corrected chi connectivity index (χ4v) is 4.61. The summed E-state index contributed by atoms with van der Waals surface area (Å²) in [6.07, 6.45) is 0. The summed E-state index contributed by atoms with van der Waals surface area (Å²) in [5.41, 5.74) is 2.70. The van der Waals surface area contributed by atoms with E-state index in [1.165, 1.54) is 11.1 Å². The number of nitrogens with zero attached hydrogens (tertiary/aromatic N) is 3. The van der Waals surface area contributed by atoms with Crippen LogP contribution in [-0.2, 0) is 4.74 Å². The molecule has 6 heteroatoms. The van der Waals surface area contributed by atoms with E-state index < -0.39 is 0 Å². The van der Waals surface area contributed by atoms with Crippen LogP contribution in [0.25, 0.3) is 0 Å². The van der Waals surface area contributed by atoms with Gasteiger partial charge in [-0.05, 0) is 23.3 Å². The monoisotopic (exact) mass is 424 g/mol. The molecule has 2 heterocycles. The van der Waals surface area contributed by atoms with Crippen LogP contribution in [0.2, 0.25) is 0 Å². The van der Waals surface area contributed by atoms with Crippen molar-refractivity contribution in [3.8, 4) is 0 Å². The zero-order chi connectivity index (χ0) is 20.6. The second-order valence-corrected chi connectivity index (χ2v) is 8.32. The lowest BCUT2D eigenvalue weighted by Crippen LogP contribution is -2.53. The van der Waals surface area contributed by atoms with Gasteiger partial charge < -0.3 is 15.0 Å². The summed E-state index contributed by atoms with van der Waals surface area (Å²) >= 11 is 5.69. The maximum Gasteiger partial charge on any atom is 0.169 e. The number of hydrogen-bond acceptors (Lipinski definition) is 4. The van der Waals surface area contributed by atoms with Crippen LogP contribution < -0.4 is 5.32 Å². The topological polar surface area (TPSA) is 31.0 Å². The summed E-state index contributed by atoms with van der Waals surface area (Å²) in [5.74, 6) is 0. The first-order valence-electron chi connectivity index (χ1n) is 11.0. The van der Waals surface area contributed by atoms with E-state index in [-0.39, 0.29) is 6.04 Å². The van der Waals surface area contributed by atoms with E-state index in [4.69, 9.17) is 17.0 Å². The van der Waals surface area contributed by atoms with Gasteiger partial charge >= 0.3 is 0 Å². The quantitative estimate of drug-likeness (QED) is 0.718. The number of piperazine rings is 1. The number of nitrogens with one attached hydrogen (secondary N) is 1. The van der Waals surface area contributed by atoms with E-state index in [0.717, 1.165) is 70.7 Å².